The standard InChI is InChI=1S/C12H18N2O4/c1-9(15)6-7-13(2)10-4-5-11(14(16)17)12(8-10)18-3/h4-5,8-9,15H,6-7H2,1-3H3. The second-order valence-electron chi connectivity index (χ2n) is 4.17. The molecule has 1 aromatic carbocycles. The Hall–Kier alpha value is -1.82. The fraction of sp³-hybridized carbons (Fsp3) is 0.500. The summed E-state index contributed by atoms with van der Waals surface area (Å²) in [5, 5.41) is 20.0. The molecule has 0 aliphatic heterocycles. The first-order valence-corrected chi connectivity index (χ1v) is 5.67. The molecule has 1 aromatic rings. The third kappa shape index (κ3) is 3.59. The normalized spacial score (nSPS) is 12.0. The summed E-state index contributed by atoms with van der Waals surface area (Å²) in [5.74, 6) is 0.237. The number of ether oxygens (including phenoxy) is 1. The molecule has 0 fully saturated rings. The second kappa shape index (κ2) is 6.20. The number of aliphatic hydroxyl groups excluding tert-OH is 1. The van der Waals surface area contributed by atoms with Crippen molar-refractivity contribution in [3.63, 3.8) is 0 Å². The number of nitrogens with zero attached hydrogens (tertiary/aromatic N) is 2. The fourth-order valence-electron chi connectivity index (χ4n) is 1.56. The number of hydrogen-bond acceptors (Lipinski definition) is 5. The van der Waals surface area contributed by atoms with E-state index in [0.717, 1.165) is 5.69 Å². The van der Waals surface area contributed by atoms with Crippen LogP contribution in [0.2, 0.25) is 0 Å². The van der Waals surface area contributed by atoms with Crippen LogP contribution in [-0.4, -0.2) is 36.8 Å². The second-order valence-corrected chi connectivity index (χ2v) is 4.17. The van der Waals surface area contributed by atoms with Gasteiger partial charge in [0.05, 0.1) is 18.1 Å². The summed E-state index contributed by atoms with van der Waals surface area (Å²) in [4.78, 5) is 12.2. The molecule has 0 amide bonds. The monoisotopic (exact) mass is 254 g/mol. The SMILES string of the molecule is COc1cc(N(C)CCC(C)O)ccc1[N+](=O)[O-]. The highest BCUT2D eigenvalue weighted by Crippen LogP contribution is 2.30. The zero-order valence-corrected chi connectivity index (χ0v) is 10.8. The van der Waals surface area contributed by atoms with Crippen LogP contribution in [0, 0.1) is 10.1 Å². The minimum Gasteiger partial charge on any atom is -0.490 e. The van der Waals surface area contributed by atoms with Gasteiger partial charge in [-0.3, -0.25) is 10.1 Å². The third-order valence-corrected chi connectivity index (χ3v) is 2.68. The summed E-state index contributed by atoms with van der Waals surface area (Å²) in [7, 11) is 3.27. The van der Waals surface area contributed by atoms with Crippen molar-refractivity contribution in [2.75, 3.05) is 25.6 Å². The van der Waals surface area contributed by atoms with Gasteiger partial charge in [0.15, 0.2) is 5.75 Å². The Morgan fingerprint density at radius 1 is 1.56 bits per heavy atom. The van der Waals surface area contributed by atoms with Crippen LogP contribution in [0.15, 0.2) is 18.2 Å². The lowest BCUT2D eigenvalue weighted by atomic mass is 10.2. The molecule has 0 saturated heterocycles. The number of aliphatic hydroxyl groups is 1. The maximum absolute atomic E-state index is 10.8. The largest absolute Gasteiger partial charge is 0.490 e. The topological polar surface area (TPSA) is 75.8 Å². The lowest BCUT2D eigenvalue weighted by molar-refractivity contribution is -0.385. The van der Waals surface area contributed by atoms with Crippen LogP contribution in [0.4, 0.5) is 11.4 Å². The van der Waals surface area contributed by atoms with Crippen molar-refractivity contribution < 1.29 is 14.8 Å². The Labute approximate surface area is 106 Å². The summed E-state index contributed by atoms with van der Waals surface area (Å²) in [5.41, 5.74) is 0.767. The van der Waals surface area contributed by atoms with Crippen LogP contribution < -0.4 is 9.64 Å². The maximum Gasteiger partial charge on any atom is 0.311 e. The number of hydrogen-bond donors (Lipinski definition) is 1. The van der Waals surface area contributed by atoms with Crippen LogP contribution in [0.1, 0.15) is 13.3 Å². The summed E-state index contributed by atoms with van der Waals surface area (Å²) >= 11 is 0. The van der Waals surface area contributed by atoms with Gasteiger partial charge >= 0.3 is 5.69 Å². The van der Waals surface area contributed by atoms with Gasteiger partial charge in [-0.25, -0.2) is 0 Å². The molecule has 100 valence electrons. The van der Waals surface area contributed by atoms with Crippen molar-refractivity contribution in [3.8, 4) is 5.75 Å². The first-order chi connectivity index (χ1) is 8.45. The molecule has 0 aromatic heterocycles. The lowest BCUT2D eigenvalue weighted by Gasteiger charge is -2.20. The molecule has 1 unspecified atom stereocenters. The molecule has 1 atom stereocenters. The van der Waals surface area contributed by atoms with E-state index in [9.17, 15) is 15.2 Å². The molecule has 1 rings (SSSR count). The van der Waals surface area contributed by atoms with Crippen LogP contribution >= 0.6 is 0 Å². The van der Waals surface area contributed by atoms with Crippen molar-refractivity contribution in [2.45, 2.75) is 19.4 Å². The fourth-order valence-corrected chi connectivity index (χ4v) is 1.56. The van der Waals surface area contributed by atoms with Gasteiger partial charge < -0.3 is 14.7 Å². The predicted molar refractivity (Wildman–Crippen MR) is 69.2 cm³/mol. The van der Waals surface area contributed by atoms with Crippen molar-refractivity contribution in [3.05, 3.63) is 28.3 Å². The zero-order chi connectivity index (χ0) is 13.7. The van der Waals surface area contributed by atoms with Crippen LogP contribution in [0.25, 0.3) is 0 Å². The molecule has 18 heavy (non-hydrogen) atoms. The van der Waals surface area contributed by atoms with E-state index >= 15 is 0 Å². The van der Waals surface area contributed by atoms with Crippen LogP contribution in [0.5, 0.6) is 5.75 Å². The van der Waals surface area contributed by atoms with E-state index < -0.39 is 4.92 Å². The van der Waals surface area contributed by atoms with E-state index in [-0.39, 0.29) is 17.5 Å². The molecule has 0 heterocycles. The van der Waals surface area contributed by atoms with Gasteiger partial charge in [-0.1, -0.05) is 0 Å². The Morgan fingerprint density at radius 2 is 2.22 bits per heavy atom. The molecule has 0 radical (unpaired) electrons. The number of benzene rings is 1. The van der Waals surface area contributed by atoms with Gasteiger partial charge in [0.2, 0.25) is 0 Å². The Kier molecular flexibility index (Phi) is 4.91. The molecular weight excluding hydrogens is 236 g/mol. The van der Waals surface area contributed by atoms with Crippen LogP contribution in [-0.2, 0) is 0 Å². The van der Waals surface area contributed by atoms with E-state index in [2.05, 4.69) is 0 Å². The highest BCUT2D eigenvalue weighted by Gasteiger charge is 2.16. The zero-order valence-electron chi connectivity index (χ0n) is 10.8. The molecule has 0 aliphatic rings. The van der Waals surface area contributed by atoms with Crippen molar-refractivity contribution in [2.24, 2.45) is 0 Å². The average molecular weight is 254 g/mol. The lowest BCUT2D eigenvalue weighted by Crippen LogP contribution is -2.21. The molecule has 0 saturated carbocycles. The number of anilines is 1. The molecule has 0 bridgehead atoms. The van der Waals surface area contributed by atoms with E-state index in [1.165, 1.54) is 13.2 Å². The average Bonchev–Trinajstić information content (AvgIpc) is 2.34. The molecule has 1 N–H and O–H groups in total. The molecule has 6 heteroatoms. The van der Waals surface area contributed by atoms with E-state index in [1.54, 1.807) is 19.1 Å². The van der Waals surface area contributed by atoms with E-state index in [4.69, 9.17) is 4.74 Å². The number of nitro benzene ring substituents is 1. The van der Waals surface area contributed by atoms with Crippen molar-refractivity contribution >= 4 is 11.4 Å². The van der Waals surface area contributed by atoms with E-state index in [1.807, 2.05) is 11.9 Å². The maximum atomic E-state index is 10.8. The smallest absolute Gasteiger partial charge is 0.311 e. The van der Waals surface area contributed by atoms with Crippen molar-refractivity contribution in [1.82, 2.24) is 0 Å². The Morgan fingerprint density at radius 3 is 2.72 bits per heavy atom. The summed E-state index contributed by atoms with van der Waals surface area (Å²) in [6.45, 7) is 2.39. The first kappa shape index (κ1) is 14.2. The van der Waals surface area contributed by atoms with E-state index in [0.29, 0.717) is 13.0 Å². The molecule has 0 aliphatic carbocycles. The highest BCUT2D eigenvalue weighted by atomic mass is 16.6. The quantitative estimate of drug-likeness (QED) is 0.619. The predicted octanol–water partition coefficient (Wildman–Crippen LogP) is 1.81. The van der Waals surface area contributed by atoms with Gasteiger partial charge in [0, 0.05) is 31.4 Å². The summed E-state index contributed by atoms with van der Waals surface area (Å²) in [6, 6.07) is 4.72. The highest BCUT2D eigenvalue weighted by molar-refractivity contribution is 5.58. The molecule has 0 spiro atoms. The minimum atomic E-state index is -0.474. The number of nitro groups is 1. The molecule has 6 nitrogen and oxygen atoms in total. The summed E-state index contributed by atoms with van der Waals surface area (Å²) < 4.78 is 5.01. The van der Waals surface area contributed by atoms with Gasteiger partial charge in [0.25, 0.3) is 0 Å². The first-order valence-electron chi connectivity index (χ1n) is 5.67. The Bertz CT molecular complexity index is 421. The number of rotatable bonds is 6. The number of methoxy groups -OCH3 is 1. The Balaban J connectivity index is 2.87. The molecular formula is C12H18N2O4. The van der Waals surface area contributed by atoms with Gasteiger partial charge in [-0.05, 0) is 19.4 Å². The van der Waals surface area contributed by atoms with Crippen molar-refractivity contribution in [1.29, 1.82) is 0 Å². The van der Waals surface area contributed by atoms with Gasteiger partial charge in [0.1, 0.15) is 0 Å². The minimum absolute atomic E-state index is 0.0508. The summed E-state index contributed by atoms with van der Waals surface area (Å²) in [6.07, 6.45) is 0.267. The third-order valence-electron chi connectivity index (χ3n) is 2.68. The van der Waals surface area contributed by atoms with Crippen LogP contribution in [0.3, 0.4) is 0 Å². The van der Waals surface area contributed by atoms with Gasteiger partial charge in [-0.2, -0.15) is 0 Å². The van der Waals surface area contributed by atoms with Gasteiger partial charge in [-0.15, -0.1) is 0 Å².